The Balaban J connectivity index is 1.76. The maximum atomic E-state index is 12.4. The zero-order chi connectivity index (χ0) is 15.5. The van der Waals surface area contributed by atoms with Crippen molar-refractivity contribution in [1.82, 2.24) is 14.9 Å². The lowest BCUT2D eigenvalue weighted by molar-refractivity contribution is 0.0814. The van der Waals surface area contributed by atoms with Crippen molar-refractivity contribution in [3.05, 3.63) is 53.6 Å². The summed E-state index contributed by atoms with van der Waals surface area (Å²) in [7, 11) is 1.75. The molecule has 0 aromatic carbocycles. The minimum Gasteiger partial charge on any atom is -0.371 e. The van der Waals surface area contributed by atoms with Crippen LogP contribution in [0.3, 0.4) is 0 Å². The molecule has 0 saturated carbocycles. The molecule has 0 unspecified atom stereocenters. The molecule has 1 fully saturated rings. The summed E-state index contributed by atoms with van der Waals surface area (Å²) in [6, 6.07) is 7.32. The highest BCUT2D eigenvalue weighted by Gasteiger charge is 2.31. The van der Waals surface area contributed by atoms with E-state index in [-0.39, 0.29) is 18.1 Å². The van der Waals surface area contributed by atoms with Crippen LogP contribution >= 0.6 is 0 Å². The molecule has 0 aliphatic carbocycles. The number of nitrogens with zero attached hydrogens (tertiary/aromatic N) is 3. The number of rotatable bonds is 3. The number of amides is 1. The molecule has 0 spiro atoms. The zero-order valence-electron chi connectivity index (χ0n) is 12.2. The first-order chi connectivity index (χ1) is 10.7. The quantitative estimate of drug-likeness (QED) is 0.932. The summed E-state index contributed by atoms with van der Waals surface area (Å²) in [5.74, 6) is -0.201. The molecule has 1 aliphatic heterocycles. The lowest BCUT2D eigenvalue weighted by Gasteiger charge is -2.20. The van der Waals surface area contributed by atoms with Crippen LogP contribution < -0.4 is 5.32 Å². The molecule has 2 atom stereocenters. The molecule has 1 saturated heterocycles. The summed E-state index contributed by atoms with van der Waals surface area (Å²) < 4.78 is 7.39. The van der Waals surface area contributed by atoms with Gasteiger partial charge in [-0.1, -0.05) is 6.07 Å². The molecule has 0 bridgehead atoms. The molecule has 1 aliphatic rings. The number of hydrogen-bond acceptors (Lipinski definition) is 4. The molecule has 1 N–H and O–H groups in total. The molecular formula is C16H16N4O2. The Kier molecular flexibility index (Phi) is 3.90. The summed E-state index contributed by atoms with van der Waals surface area (Å²) in [5, 5.41) is 11.9. The number of aromatic nitrogens is 2. The summed E-state index contributed by atoms with van der Waals surface area (Å²) >= 11 is 0. The van der Waals surface area contributed by atoms with E-state index in [1.807, 2.05) is 18.2 Å². The van der Waals surface area contributed by atoms with Crippen molar-refractivity contribution in [2.45, 2.75) is 18.6 Å². The predicted molar refractivity (Wildman–Crippen MR) is 78.9 cm³/mol. The second-order valence-corrected chi connectivity index (χ2v) is 5.28. The van der Waals surface area contributed by atoms with Crippen molar-refractivity contribution in [2.75, 3.05) is 6.61 Å². The summed E-state index contributed by atoms with van der Waals surface area (Å²) in [6.45, 7) is 0.598. The van der Waals surface area contributed by atoms with Gasteiger partial charge >= 0.3 is 0 Å². The van der Waals surface area contributed by atoms with Gasteiger partial charge in [-0.2, -0.15) is 5.26 Å². The molecule has 3 rings (SSSR count). The van der Waals surface area contributed by atoms with Gasteiger partial charge in [0.1, 0.15) is 17.9 Å². The van der Waals surface area contributed by atoms with E-state index in [0.29, 0.717) is 17.9 Å². The van der Waals surface area contributed by atoms with Gasteiger partial charge in [-0.15, -0.1) is 0 Å². The van der Waals surface area contributed by atoms with Gasteiger partial charge in [-0.25, -0.2) is 0 Å². The lowest BCUT2D eigenvalue weighted by atomic mass is 10.0. The molecule has 3 heterocycles. The normalized spacial score (nSPS) is 20.5. The van der Waals surface area contributed by atoms with Crippen molar-refractivity contribution in [3.8, 4) is 6.07 Å². The Bertz CT molecular complexity index is 717. The highest BCUT2D eigenvalue weighted by atomic mass is 16.5. The van der Waals surface area contributed by atoms with E-state index in [9.17, 15) is 4.79 Å². The van der Waals surface area contributed by atoms with Crippen molar-refractivity contribution in [1.29, 1.82) is 5.26 Å². The van der Waals surface area contributed by atoms with Crippen molar-refractivity contribution < 1.29 is 9.53 Å². The highest BCUT2D eigenvalue weighted by molar-refractivity contribution is 5.93. The van der Waals surface area contributed by atoms with Crippen LogP contribution in [0.4, 0.5) is 0 Å². The van der Waals surface area contributed by atoms with Crippen LogP contribution in [0.2, 0.25) is 0 Å². The van der Waals surface area contributed by atoms with Gasteiger partial charge in [0.2, 0.25) is 0 Å². The second kappa shape index (κ2) is 6.00. The van der Waals surface area contributed by atoms with Crippen LogP contribution in [0.15, 0.2) is 36.8 Å². The fourth-order valence-electron chi connectivity index (χ4n) is 2.70. The molecule has 2 aromatic heterocycles. The maximum Gasteiger partial charge on any atom is 0.268 e. The van der Waals surface area contributed by atoms with E-state index in [4.69, 9.17) is 10.00 Å². The topological polar surface area (TPSA) is 79.9 Å². The number of carbonyl (C=O) groups is 1. The van der Waals surface area contributed by atoms with Gasteiger partial charge < -0.3 is 14.6 Å². The third kappa shape index (κ3) is 2.71. The molecule has 2 aromatic rings. The molecule has 22 heavy (non-hydrogen) atoms. The van der Waals surface area contributed by atoms with Crippen molar-refractivity contribution >= 4 is 5.91 Å². The molecule has 0 radical (unpaired) electrons. The summed E-state index contributed by atoms with van der Waals surface area (Å²) in [4.78, 5) is 16.5. The average molecular weight is 296 g/mol. The van der Waals surface area contributed by atoms with E-state index in [0.717, 1.165) is 12.0 Å². The van der Waals surface area contributed by atoms with E-state index in [2.05, 4.69) is 10.3 Å². The molecule has 6 heteroatoms. The van der Waals surface area contributed by atoms with Crippen LogP contribution in [0.1, 0.15) is 34.1 Å². The molecule has 1 amide bonds. The van der Waals surface area contributed by atoms with Crippen LogP contribution in [-0.4, -0.2) is 28.1 Å². The monoisotopic (exact) mass is 296 g/mol. The summed E-state index contributed by atoms with van der Waals surface area (Å²) in [6.07, 6.45) is 5.66. The minimum absolute atomic E-state index is 0.0999. The Morgan fingerprint density at radius 3 is 3.14 bits per heavy atom. The number of pyridine rings is 1. The van der Waals surface area contributed by atoms with Gasteiger partial charge in [0.25, 0.3) is 5.91 Å². The number of ether oxygens (including phenoxy) is 1. The molecule has 112 valence electrons. The number of aryl methyl sites for hydroxylation is 1. The fourth-order valence-corrected chi connectivity index (χ4v) is 2.70. The van der Waals surface area contributed by atoms with Crippen molar-refractivity contribution in [2.24, 2.45) is 7.05 Å². The number of nitrogens with one attached hydrogen (secondary N) is 1. The fraction of sp³-hybridized carbons (Fsp3) is 0.312. The largest absolute Gasteiger partial charge is 0.371 e. The second-order valence-electron chi connectivity index (χ2n) is 5.28. The van der Waals surface area contributed by atoms with Crippen LogP contribution in [0.5, 0.6) is 0 Å². The Morgan fingerprint density at radius 2 is 2.45 bits per heavy atom. The van der Waals surface area contributed by atoms with Crippen molar-refractivity contribution in [3.63, 3.8) is 0 Å². The molecular weight excluding hydrogens is 280 g/mol. The maximum absolute atomic E-state index is 12.4. The lowest BCUT2D eigenvalue weighted by Crippen LogP contribution is -2.37. The van der Waals surface area contributed by atoms with Crippen LogP contribution in [0, 0.1) is 11.3 Å². The van der Waals surface area contributed by atoms with Crippen LogP contribution in [-0.2, 0) is 11.8 Å². The third-order valence-electron chi connectivity index (χ3n) is 3.79. The standard InChI is InChI=1S/C16H16N4O2/c1-20-10-11(8-17)7-14(20)16(21)19-13-4-6-22-15(13)12-3-2-5-18-9-12/h2-3,5,7,9-10,13,15H,4,6H2,1H3,(H,19,21)/t13-,15+/m0/s1. The third-order valence-corrected chi connectivity index (χ3v) is 3.79. The Hall–Kier alpha value is -2.65. The first-order valence-electron chi connectivity index (χ1n) is 7.08. The molecule has 6 nitrogen and oxygen atoms in total. The summed E-state index contributed by atoms with van der Waals surface area (Å²) in [5.41, 5.74) is 1.89. The van der Waals surface area contributed by atoms with E-state index < -0.39 is 0 Å². The first kappa shape index (κ1) is 14.3. The van der Waals surface area contributed by atoms with Gasteiger partial charge in [0, 0.05) is 37.8 Å². The Labute approximate surface area is 128 Å². The predicted octanol–water partition coefficient (Wildman–Crippen LogP) is 1.55. The number of nitriles is 1. The number of carbonyl (C=O) groups excluding carboxylic acids is 1. The van der Waals surface area contributed by atoms with Gasteiger partial charge in [0.05, 0.1) is 11.6 Å². The zero-order valence-corrected chi connectivity index (χ0v) is 12.2. The Morgan fingerprint density at radius 1 is 1.59 bits per heavy atom. The van der Waals surface area contributed by atoms with E-state index in [1.165, 1.54) is 0 Å². The number of hydrogen-bond donors (Lipinski definition) is 1. The highest BCUT2D eigenvalue weighted by Crippen LogP contribution is 2.28. The van der Waals surface area contributed by atoms with Gasteiger partial charge in [0.15, 0.2) is 0 Å². The first-order valence-corrected chi connectivity index (χ1v) is 7.08. The van der Waals surface area contributed by atoms with E-state index in [1.54, 1.807) is 36.3 Å². The SMILES string of the molecule is Cn1cc(C#N)cc1C(=O)N[C@H]1CCO[C@@H]1c1cccnc1. The van der Waals surface area contributed by atoms with Crippen LogP contribution in [0.25, 0.3) is 0 Å². The van der Waals surface area contributed by atoms with E-state index >= 15 is 0 Å². The average Bonchev–Trinajstić information content (AvgIpc) is 3.14. The van der Waals surface area contributed by atoms with Gasteiger partial charge in [-0.05, 0) is 18.6 Å². The minimum atomic E-state index is -0.201. The van der Waals surface area contributed by atoms with Gasteiger partial charge in [-0.3, -0.25) is 9.78 Å². The smallest absolute Gasteiger partial charge is 0.268 e.